The Morgan fingerprint density at radius 3 is 2.04 bits per heavy atom. The van der Waals surface area contributed by atoms with Crippen molar-refractivity contribution in [3.8, 4) is 0 Å². The van der Waals surface area contributed by atoms with Gasteiger partial charge in [0.2, 0.25) is 15.9 Å². The van der Waals surface area contributed by atoms with Gasteiger partial charge in [-0.2, -0.15) is 4.31 Å². The van der Waals surface area contributed by atoms with Crippen molar-refractivity contribution in [2.45, 2.75) is 69.9 Å². The number of amides is 1. The Hall–Kier alpha value is -1.40. The van der Waals surface area contributed by atoms with Crippen molar-refractivity contribution in [1.29, 1.82) is 0 Å². The number of hydrogen-bond donors (Lipinski definition) is 0. The van der Waals surface area contributed by atoms with E-state index in [1.807, 2.05) is 19.1 Å². The second-order valence-electron chi connectivity index (χ2n) is 7.87. The quantitative estimate of drug-likeness (QED) is 0.812. The van der Waals surface area contributed by atoms with Crippen molar-refractivity contribution in [2.24, 2.45) is 5.92 Å². The summed E-state index contributed by atoms with van der Waals surface area (Å²) in [4.78, 5) is 15.4. The van der Waals surface area contributed by atoms with E-state index in [1.165, 1.54) is 10.7 Å². The number of piperidine rings is 2. The molecule has 144 valence electrons. The third kappa shape index (κ3) is 3.81. The van der Waals surface area contributed by atoms with E-state index in [0.29, 0.717) is 42.9 Å². The van der Waals surface area contributed by atoms with Gasteiger partial charge >= 0.3 is 0 Å². The Labute approximate surface area is 157 Å². The maximum Gasteiger partial charge on any atom is 0.243 e. The number of hydrogen-bond acceptors (Lipinski definition) is 3. The molecule has 2 atom stereocenters. The lowest BCUT2D eigenvalue weighted by Gasteiger charge is -2.42. The first-order chi connectivity index (χ1) is 12.3. The molecule has 1 aromatic carbocycles. The van der Waals surface area contributed by atoms with E-state index >= 15 is 0 Å². The van der Waals surface area contributed by atoms with Crippen molar-refractivity contribution < 1.29 is 13.2 Å². The van der Waals surface area contributed by atoms with Crippen LogP contribution in [0.2, 0.25) is 0 Å². The third-order valence-electron chi connectivity index (χ3n) is 5.91. The summed E-state index contributed by atoms with van der Waals surface area (Å²) in [5.74, 6) is 0.166. The third-order valence-corrected chi connectivity index (χ3v) is 7.82. The molecule has 0 radical (unpaired) electrons. The zero-order chi connectivity index (χ0) is 18.9. The Balaban J connectivity index is 1.65. The van der Waals surface area contributed by atoms with Crippen LogP contribution in [0.4, 0.5) is 0 Å². The van der Waals surface area contributed by atoms with Gasteiger partial charge in [-0.1, -0.05) is 17.7 Å². The molecule has 2 heterocycles. The van der Waals surface area contributed by atoms with E-state index in [0.717, 1.165) is 18.4 Å². The van der Waals surface area contributed by atoms with Crippen LogP contribution in [0.3, 0.4) is 0 Å². The molecule has 0 spiro atoms. The molecule has 1 aromatic rings. The van der Waals surface area contributed by atoms with Gasteiger partial charge in [0.25, 0.3) is 0 Å². The second kappa shape index (κ2) is 7.69. The number of aryl methyl sites for hydroxylation is 1. The van der Waals surface area contributed by atoms with Crippen molar-refractivity contribution >= 4 is 15.9 Å². The standard InChI is InChI=1S/C20H30N2O3S/c1-15-7-9-19(10-8-15)26(24,25)21-13-11-18(12-14-21)20(23)22-16(2)5-4-6-17(22)3/h7-10,16-18H,4-6,11-14H2,1-3H3. The van der Waals surface area contributed by atoms with Gasteiger partial charge in [0, 0.05) is 31.1 Å². The Morgan fingerprint density at radius 1 is 0.962 bits per heavy atom. The number of nitrogens with zero attached hydrogens (tertiary/aromatic N) is 2. The highest BCUT2D eigenvalue weighted by molar-refractivity contribution is 7.89. The fourth-order valence-corrected chi connectivity index (χ4v) is 5.74. The van der Waals surface area contributed by atoms with E-state index < -0.39 is 10.0 Å². The van der Waals surface area contributed by atoms with Gasteiger partial charge < -0.3 is 4.90 Å². The number of likely N-dealkylation sites (tertiary alicyclic amines) is 1. The topological polar surface area (TPSA) is 57.7 Å². The molecule has 6 heteroatoms. The first-order valence-electron chi connectivity index (χ1n) is 9.69. The van der Waals surface area contributed by atoms with Crippen LogP contribution in [-0.4, -0.2) is 48.7 Å². The molecule has 3 rings (SSSR count). The van der Waals surface area contributed by atoms with Gasteiger partial charge in [0.15, 0.2) is 0 Å². The maximum atomic E-state index is 13.0. The lowest BCUT2D eigenvalue weighted by molar-refractivity contribution is -0.143. The predicted octanol–water partition coefficient (Wildman–Crippen LogP) is 3.19. The Kier molecular flexibility index (Phi) is 5.72. The number of carbonyl (C=O) groups excluding carboxylic acids is 1. The van der Waals surface area contributed by atoms with Crippen LogP contribution in [0.15, 0.2) is 29.2 Å². The SMILES string of the molecule is Cc1ccc(S(=O)(=O)N2CCC(C(=O)N3C(C)CCCC3C)CC2)cc1. The molecule has 2 unspecified atom stereocenters. The molecular formula is C20H30N2O3S. The van der Waals surface area contributed by atoms with Gasteiger partial charge in [-0.25, -0.2) is 8.42 Å². The minimum Gasteiger partial charge on any atom is -0.337 e. The van der Waals surface area contributed by atoms with Crippen LogP contribution < -0.4 is 0 Å². The lowest BCUT2D eigenvalue weighted by Crippen LogP contribution is -2.52. The fourth-order valence-electron chi connectivity index (χ4n) is 4.27. The minimum atomic E-state index is -3.47. The molecule has 0 saturated carbocycles. The lowest BCUT2D eigenvalue weighted by atomic mass is 9.91. The van der Waals surface area contributed by atoms with Crippen LogP contribution in [0.25, 0.3) is 0 Å². The van der Waals surface area contributed by atoms with Crippen molar-refractivity contribution in [2.75, 3.05) is 13.1 Å². The Morgan fingerprint density at radius 2 is 1.50 bits per heavy atom. The van der Waals surface area contributed by atoms with E-state index in [9.17, 15) is 13.2 Å². The molecule has 1 amide bonds. The molecule has 2 saturated heterocycles. The normalized spacial score (nSPS) is 26.0. The summed E-state index contributed by atoms with van der Waals surface area (Å²) >= 11 is 0. The van der Waals surface area contributed by atoms with E-state index in [4.69, 9.17) is 0 Å². The van der Waals surface area contributed by atoms with Crippen molar-refractivity contribution in [3.63, 3.8) is 0 Å². The average Bonchev–Trinajstić information content (AvgIpc) is 2.62. The molecule has 0 aromatic heterocycles. The molecule has 26 heavy (non-hydrogen) atoms. The zero-order valence-electron chi connectivity index (χ0n) is 16.0. The Bertz CT molecular complexity index is 727. The van der Waals surface area contributed by atoms with Crippen LogP contribution >= 0.6 is 0 Å². The van der Waals surface area contributed by atoms with Gasteiger partial charge in [0.05, 0.1) is 4.90 Å². The van der Waals surface area contributed by atoms with E-state index in [1.54, 1.807) is 12.1 Å². The smallest absolute Gasteiger partial charge is 0.243 e. The summed E-state index contributed by atoms with van der Waals surface area (Å²) in [6.07, 6.45) is 4.53. The largest absolute Gasteiger partial charge is 0.337 e. The van der Waals surface area contributed by atoms with Crippen LogP contribution in [0, 0.1) is 12.8 Å². The molecule has 0 aliphatic carbocycles. The summed E-state index contributed by atoms with van der Waals surface area (Å²) in [5.41, 5.74) is 1.04. The maximum absolute atomic E-state index is 13.0. The molecule has 0 bridgehead atoms. The van der Waals surface area contributed by atoms with Gasteiger partial charge in [-0.15, -0.1) is 0 Å². The molecular weight excluding hydrogens is 348 g/mol. The molecule has 5 nitrogen and oxygen atoms in total. The predicted molar refractivity (Wildman–Crippen MR) is 102 cm³/mol. The minimum absolute atomic E-state index is 0.0533. The van der Waals surface area contributed by atoms with Crippen LogP contribution in [-0.2, 0) is 14.8 Å². The highest BCUT2D eigenvalue weighted by atomic mass is 32.2. The molecule has 2 fully saturated rings. The zero-order valence-corrected chi connectivity index (χ0v) is 16.8. The van der Waals surface area contributed by atoms with Crippen LogP contribution in [0.5, 0.6) is 0 Å². The number of carbonyl (C=O) groups is 1. The van der Waals surface area contributed by atoms with Crippen molar-refractivity contribution in [1.82, 2.24) is 9.21 Å². The first kappa shape index (κ1) is 19.4. The van der Waals surface area contributed by atoms with Gasteiger partial charge in [-0.05, 0) is 65.0 Å². The van der Waals surface area contributed by atoms with E-state index in [2.05, 4.69) is 18.7 Å². The molecule has 2 aliphatic rings. The number of sulfonamides is 1. The molecule has 0 N–H and O–H groups in total. The van der Waals surface area contributed by atoms with E-state index in [-0.39, 0.29) is 11.8 Å². The van der Waals surface area contributed by atoms with Gasteiger partial charge in [-0.3, -0.25) is 4.79 Å². The summed E-state index contributed by atoms with van der Waals surface area (Å²) < 4.78 is 27.2. The second-order valence-corrected chi connectivity index (χ2v) is 9.80. The summed E-state index contributed by atoms with van der Waals surface area (Å²) in [5, 5.41) is 0. The van der Waals surface area contributed by atoms with Crippen LogP contribution in [0.1, 0.15) is 51.5 Å². The molecule has 2 aliphatic heterocycles. The van der Waals surface area contributed by atoms with Gasteiger partial charge in [0.1, 0.15) is 0 Å². The average molecular weight is 379 g/mol. The summed E-state index contributed by atoms with van der Waals surface area (Å²) in [7, 11) is -3.47. The first-order valence-corrected chi connectivity index (χ1v) is 11.1. The number of benzene rings is 1. The monoisotopic (exact) mass is 378 g/mol. The number of rotatable bonds is 3. The summed E-state index contributed by atoms with van der Waals surface area (Å²) in [6.45, 7) is 7.04. The summed E-state index contributed by atoms with van der Waals surface area (Å²) in [6, 6.07) is 7.56. The fraction of sp³-hybridized carbons (Fsp3) is 0.650. The highest BCUT2D eigenvalue weighted by Gasteiger charge is 2.37. The van der Waals surface area contributed by atoms with Crippen molar-refractivity contribution in [3.05, 3.63) is 29.8 Å². The highest BCUT2D eigenvalue weighted by Crippen LogP contribution is 2.29.